The monoisotopic (exact) mass is 333 g/mol. The minimum Gasteiger partial charge on any atom is -0.394 e. The molecule has 0 spiro atoms. The predicted molar refractivity (Wildman–Crippen MR) is 90.6 cm³/mol. The van der Waals surface area contributed by atoms with Gasteiger partial charge in [-0.05, 0) is 20.8 Å². The van der Waals surface area contributed by atoms with Gasteiger partial charge in [-0.3, -0.25) is 14.5 Å². The fraction of sp³-hybridized carbons (Fsp3) is 0.647. The van der Waals surface area contributed by atoms with E-state index in [4.69, 9.17) is 9.63 Å². The molecule has 2 aromatic rings. The van der Waals surface area contributed by atoms with E-state index < -0.39 is 0 Å². The lowest BCUT2D eigenvalue weighted by molar-refractivity contribution is 0.113. The minimum atomic E-state index is 0.126. The Morgan fingerprint density at radius 1 is 1.08 bits per heavy atom. The number of aromatic nitrogens is 3. The Morgan fingerprint density at radius 3 is 2.33 bits per heavy atom. The Balaban J connectivity index is 1.54. The molecule has 0 aromatic carbocycles. The van der Waals surface area contributed by atoms with E-state index in [2.05, 4.69) is 33.9 Å². The van der Waals surface area contributed by atoms with Crippen LogP contribution in [0.25, 0.3) is 0 Å². The summed E-state index contributed by atoms with van der Waals surface area (Å²) in [6.07, 6.45) is 0. The van der Waals surface area contributed by atoms with Crippen LogP contribution in [0, 0.1) is 20.8 Å². The largest absolute Gasteiger partial charge is 0.394 e. The van der Waals surface area contributed by atoms with Crippen molar-refractivity contribution in [1.29, 1.82) is 0 Å². The highest BCUT2D eigenvalue weighted by atomic mass is 16.5. The maximum atomic E-state index is 9.13. The van der Waals surface area contributed by atoms with Crippen molar-refractivity contribution in [2.75, 3.05) is 32.8 Å². The van der Waals surface area contributed by atoms with Crippen molar-refractivity contribution in [3.8, 4) is 0 Å². The number of nitrogens with zero attached hydrogens (tertiary/aromatic N) is 5. The van der Waals surface area contributed by atoms with Gasteiger partial charge in [0.25, 0.3) is 0 Å². The number of piperazine rings is 1. The number of hydrogen-bond acceptors (Lipinski definition) is 6. The van der Waals surface area contributed by atoms with Crippen molar-refractivity contribution in [3.63, 3.8) is 0 Å². The second-order valence-electron chi connectivity index (χ2n) is 6.58. The molecule has 0 saturated carbocycles. The summed E-state index contributed by atoms with van der Waals surface area (Å²) in [4.78, 5) is 4.88. The molecule has 0 amide bonds. The molecule has 7 heteroatoms. The molecule has 3 heterocycles. The molecule has 1 N–H and O–H groups in total. The summed E-state index contributed by atoms with van der Waals surface area (Å²) in [6.45, 7) is 12.7. The van der Waals surface area contributed by atoms with E-state index in [1.54, 1.807) is 0 Å². The molecule has 24 heavy (non-hydrogen) atoms. The number of aliphatic hydroxyl groups is 1. The molecule has 0 atom stereocenters. The molecule has 0 bridgehead atoms. The van der Waals surface area contributed by atoms with Crippen molar-refractivity contribution in [1.82, 2.24) is 24.7 Å². The molecule has 7 nitrogen and oxygen atoms in total. The topological polar surface area (TPSA) is 70.6 Å². The molecule has 132 valence electrons. The second kappa shape index (κ2) is 7.46. The summed E-state index contributed by atoms with van der Waals surface area (Å²) in [7, 11) is 0. The summed E-state index contributed by atoms with van der Waals surface area (Å²) >= 11 is 0. The Bertz CT molecular complexity index is 671. The van der Waals surface area contributed by atoms with Crippen LogP contribution in [0.15, 0.2) is 10.6 Å². The standard InChI is InChI=1S/C17H27N5O2/c1-13-10-16(24-19-13)11-20-4-6-21(7-5-20)12-17-14(2)18-22(8-9-23)15(17)3/h10,23H,4-9,11-12H2,1-3H3. The van der Waals surface area contributed by atoms with Crippen molar-refractivity contribution in [3.05, 3.63) is 34.5 Å². The smallest absolute Gasteiger partial charge is 0.150 e. The molecule has 1 aliphatic rings. The highest BCUT2D eigenvalue weighted by Crippen LogP contribution is 2.17. The van der Waals surface area contributed by atoms with Gasteiger partial charge >= 0.3 is 0 Å². The third-order valence-corrected chi connectivity index (χ3v) is 4.75. The van der Waals surface area contributed by atoms with Gasteiger partial charge in [0.1, 0.15) is 0 Å². The van der Waals surface area contributed by atoms with Crippen LogP contribution in [0.5, 0.6) is 0 Å². The van der Waals surface area contributed by atoms with Crippen LogP contribution in [0.3, 0.4) is 0 Å². The van der Waals surface area contributed by atoms with E-state index >= 15 is 0 Å². The Hall–Kier alpha value is -1.70. The SMILES string of the molecule is Cc1cc(CN2CCN(Cc3c(C)nn(CCO)c3C)CC2)on1. The molecule has 1 fully saturated rings. The van der Waals surface area contributed by atoms with Crippen LogP contribution in [-0.4, -0.2) is 62.6 Å². The van der Waals surface area contributed by atoms with Crippen molar-refractivity contribution in [2.45, 2.75) is 40.4 Å². The van der Waals surface area contributed by atoms with Crippen molar-refractivity contribution < 1.29 is 9.63 Å². The van der Waals surface area contributed by atoms with Gasteiger partial charge in [-0.15, -0.1) is 0 Å². The first kappa shape index (κ1) is 17.1. The van der Waals surface area contributed by atoms with Gasteiger partial charge in [-0.25, -0.2) is 0 Å². The molecule has 0 radical (unpaired) electrons. The van der Waals surface area contributed by atoms with Gasteiger partial charge in [0.15, 0.2) is 5.76 Å². The van der Waals surface area contributed by atoms with Gasteiger partial charge < -0.3 is 9.63 Å². The van der Waals surface area contributed by atoms with E-state index in [1.807, 2.05) is 17.7 Å². The highest BCUT2D eigenvalue weighted by molar-refractivity contribution is 5.24. The lowest BCUT2D eigenvalue weighted by Crippen LogP contribution is -2.45. The third-order valence-electron chi connectivity index (χ3n) is 4.75. The van der Waals surface area contributed by atoms with Gasteiger partial charge in [-0.1, -0.05) is 5.16 Å². The summed E-state index contributed by atoms with van der Waals surface area (Å²) in [5.74, 6) is 0.943. The van der Waals surface area contributed by atoms with E-state index in [0.717, 1.165) is 56.4 Å². The van der Waals surface area contributed by atoms with Crippen molar-refractivity contribution >= 4 is 0 Å². The van der Waals surface area contributed by atoms with Gasteiger partial charge in [0.05, 0.1) is 31.1 Å². The molecular formula is C17H27N5O2. The summed E-state index contributed by atoms with van der Waals surface area (Å²) in [5, 5.41) is 17.6. The number of hydrogen-bond donors (Lipinski definition) is 1. The molecule has 3 rings (SSSR count). The van der Waals surface area contributed by atoms with Crippen molar-refractivity contribution in [2.24, 2.45) is 0 Å². The molecule has 0 aliphatic carbocycles. The fourth-order valence-electron chi connectivity index (χ4n) is 3.32. The molecular weight excluding hydrogens is 306 g/mol. The van der Waals surface area contributed by atoms with Crippen LogP contribution in [0.4, 0.5) is 0 Å². The summed E-state index contributed by atoms with van der Waals surface area (Å²) in [6, 6.07) is 2.01. The molecule has 1 saturated heterocycles. The second-order valence-corrected chi connectivity index (χ2v) is 6.58. The van der Waals surface area contributed by atoms with E-state index in [-0.39, 0.29) is 6.61 Å². The first-order valence-corrected chi connectivity index (χ1v) is 8.57. The highest BCUT2D eigenvalue weighted by Gasteiger charge is 2.21. The Kier molecular flexibility index (Phi) is 5.33. The zero-order valence-corrected chi connectivity index (χ0v) is 14.8. The lowest BCUT2D eigenvalue weighted by Gasteiger charge is -2.34. The van der Waals surface area contributed by atoms with Crippen LogP contribution < -0.4 is 0 Å². The number of rotatable bonds is 6. The van der Waals surface area contributed by atoms with E-state index in [9.17, 15) is 0 Å². The number of aryl methyl sites for hydroxylation is 2. The fourth-order valence-corrected chi connectivity index (χ4v) is 3.32. The predicted octanol–water partition coefficient (Wildman–Crippen LogP) is 1.11. The van der Waals surface area contributed by atoms with E-state index in [0.29, 0.717) is 6.54 Å². The normalized spacial score (nSPS) is 16.8. The van der Waals surface area contributed by atoms with Crippen LogP contribution in [-0.2, 0) is 19.6 Å². The van der Waals surface area contributed by atoms with Gasteiger partial charge in [0.2, 0.25) is 0 Å². The maximum absolute atomic E-state index is 9.13. The zero-order chi connectivity index (χ0) is 17.1. The van der Waals surface area contributed by atoms with Gasteiger partial charge in [0, 0.05) is 50.0 Å². The van der Waals surface area contributed by atoms with Crippen LogP contribution in [0.2, 0.25) is 0 Å². The third kappa shape index (κ3) is 3.85. The molecule has 2 aromatic heterocycles. The van der Waals surface area contributed by atoms with Crippen LogP contribution in [0.1, 0.15) is 28.4 Å². The average Bonchev–Trinajstić information content (AvgIpc) is 3.08. The summed E-state index contributed by atoms with van der Waals surface area (Å²) in [5.41, 5.74) is 4.47. The van der Waals surface area contributed by atoms with Crippen LogP contribution >= 0.6 is 0 Å². The van der Waals surface area contributed by atoms with Gasteiger partial charge in [-0.2, -0.15) is 5.10 Å². The lowest BCUT2D eigenvalue weighted by atomic mass is 10.1. The zero-order valence-electron chi connectivity index (χ0n) is 14.8. The Morgan fingerprint density at radius 2 is 1.75 bits per heavy atom. The summed E-state index contributed by atoms with van der Waals surface area (Å²) < 4.78 is 7.22. The average molecular weight is 333 g/mol. The first-order chi connectivity index (χ1) is 11.6. The molecule has 1 aliphatic heterocycles. The maximum Gasteiger partial charge on any atom is 0.150 e. The first-order valence-electron chi connectivity index (χ1n) is 8.57. The van der Waals surface area contributed by atoms with E-state index in [1.165, 1.54) is 11.3 Å². The minimum absolute atomic E-state index is 0.126. The molecule has 0 unspecified atom stereocenters. The quantitative estimate of drug-likeness (QED) is 0.854. The number of aliphatic hydroxyl groups excluding tert-OH is 1. The Labute approximate surface area is 142 Å².